The highest BCUT2D eigenvalue weighted by Crippen LogP contribution is 2.54. The average Bonchev–Trinajstić information content (AvgIpc) is 3.38. The first-order valence-electron chi connectivity index (χ1n) is 10.7. The number of halogens is 1. The number of benzene rings is 2. The molecule has 3 amide bonds. The number of amides is 3. The molecule has 2 aromatic carbocycles. The van der Waals surface area contributed by atoms with E-state index in [4.69, 9.17) is 11.6 Å². The van der Waals surface area contributed by atoms with Crippen molar-refractivity contribution in [3.05, 3.63) is 64.7 Å². The maximum Gasteiger partial charge on any atom is 0.250 e. The predicted molar refractivity (Wildman–Crippen MR) is 126 cm³/mol. The van der Waals surface area contributed by atoms with Gasteiger partial charge < -0.3 is 5.32 Å². The molecule has 166 valence electrons. The second-order valence-electron chi connectivity index (χ2n) is 8.52. The Morgan fingerprint density at radius 1 is 1.06 bits per heavy atom. The Balaban J connectivity index is 1.53. The van der Waals surface area contributed by atoms with E-state index in [-0.39, 0.29) is 23.8 Å². The maximum atomic E-state index is 13.7. The largest absolute Gasteiger partial charge is 0.323 e. The fourth-order valence-electron chi connectivity index (χ4n) is 5.45. The van der Waals surface area contributed by atoms with Crippen molar-refractivity contribution < 1.29 is 14.4 Å². The third-order valence-corrected chi connectivity index (χ3v) is 7.85. The Kier molecular flexibility index (Phi) is 5.51. The highest BCUT2D eigenvalue weighted by molar-refractivity contribution is 7.98. The molecule has 0 aromatic heterocycles. The number of rotatable bonds is 6. The number of hydrogen-bond donors (Lipinski definition) is 2. The van der Waals surface area contributed by atoms with Crippen LogP contribution < -0.4 is 10.6 Å². The first kappa shape index (κ1) is 21.5. The Morgan fingerprint density at radius 3 is 2.59 bits per heavy atom. The van der Waals surface area contributed by atoms with Crippen molar-refractivity contribution in [2.45, 2.75) is 24.4 Å². The second kappa shape index (κ2) is 8.21. The van der Waals surface area contributed by atoms with Crippen LogP contribution in [0.1, 0.15) is 17.5 Å². The predicted octanol–water partition coefficient (Wildman–Crippen LogP) is 3.06. The molecule has 8 heteroatoms. The van der Waals surface area contributed by atoms with Crippen LogP contribution in [0.3, 0.4) is 0 Å². The fraction of sp³-hybridized carbons (Fsp3) is 0.375. The quantitative estimate of drug-likeness (QED) is 0.636. The molecule has 4 atom stereocenters. The van der Waals surface area contributed by atoms with Gasteiger partial charge in [-0.1, -0.05) is 54.1 Å². The van der Waals surface area contributed by atoms with Gasteiger partial charge >= 0.3 is 0 Å². The lowest BCUT2D eigenvalue weighted by Gasteiger charge is -2.29. The summed E-state index contributed by atoms with van der Waals surface area (Å²) in [5.41, 5.74) is 0.969. The van der Waals surface area contributed by atoms with Crippen LogP contribution in [0, 0.1) is 11.8 Å². The lowest BCUT2D eigenvalue weighted by Crippen LogP contribution is -2.53. The fourth-order valence-corrected chi connectivity index (χ4v) is 6.16. The Labute approximate surface area is 196 Å². The van der Waals surface area contributed by atoms with E-state index in [0.29, 0.717) is 35.7 Å². The highest BCUT2D eigenvalue weighted by Gasteiger charge is 2.70. The standard InChI is InChI=1S/C24H24ClN3O3S/c1-32-13-11-17-18-19(22(30)28(21(18)29)12-10-14-6-3-2-4-7-14)24(27-17)15-8-5-9-16(25)20(15)26-23(24)31/h2-9,17-19,27H,10-13H2,1H3,(H,26,31)/t17-,18-,19+,24+/m1/s1. The first-order valence-corrected chi connectivity index (χ1v) is 12.5. The molecule has 2 saturated heterocycles. The summed E-state index contributed by atoms with van der Waals surface area (Å²) in [7, 11) is 0. The monoisotopic (exact) mass is 469 g/mol. The van der Waals surface area contributed by atoms with Gasteiger partial charge in [-0.15, -0.1) is 0 Å². The highest BCUT2D eigenvalue weighted by atomic mass is 35.5. The molecule has 2 N–H and O–H groups in total. The van der Waals surface area contributed by atoms with Crippen molar-refractivity contribution in [1.82, 2.24) is 10.2 Å². The molecule has 0 aliphatic carbocycles. The normalized spacial score (nSPS) is 28.4. The zero-order valence-corrected chi connectivity index (χ0v) is 19.2. The SMILES string of the molecule is CSCC[C@H]1N[C@]2(C(=O)Nc3c(Cl)cccc32)[C@@H]2C(=O)N(CCc3ccccc3)C(=O)[C@@H]21. The molecular weight excluding hydrogens is 446 g/mol. The number of thioether (sulfide) groups is 1. The third-order valence-electron chi connectivity index (χ3n) is 6.89. The molecule has 0 unspecified atom stereocenters. The first-order chi connectivity index (χ1) is 15.5. The van der Waals surface area contributed by atoms with Crippen molar-refractivity contribution in [2.75, 3.05) is 23.9 Å². The smallest absolute Gasteiger partial charge is 0.250 e. The molecular formula is C24H24ClN3O3S. The molecule has 3 aliphatic heterocycles. The van der Waals surface area contributed by atoms with E-state index in [1.807, 2.05) is 42.7 Å². The van der Waals surface area contributed by atoms with Crippen LogP contribution in [0.4, 0.5) is 5.69 Å². The molecule has 0 saturated carbocycles. The number of para-hydroxylation sites is 1. The zero-order chi connectivity index (χ0) is 22.5. The summed E-state index contributed by atoms with van der Waals surface area (Å²) >= 11 is 8.04. The second-order valence-corrected chi connectivity index (χ2v) is 9.92. The van der Waals surface area contributed by atoms with Gasteiger partial charge in [0, 0.05) is 18.2 Å². The van der Waals surface area contributed by atoms with Crippen LogP contribution >= 0.6 is 23.4 Å². The average molecular weight is 470 g/mol. The van der Waals surface area contributed by atoms with Gasteiger partial charge in [-0.25, -0.2) is 0 Å². The minimum absolute atomic E-state index is 0.185. The van der Waals surface area contributed by atoms with Crippen LogP contribution in [0.5, 0.6) is 0 Å². The number of carbonyl (C=O) groups is 3. The van der Waals surface area contributed by atoms with Crippen molar-refractivity contribution in [3.63, 3.8) is 0 Å². The van der Waals surface area contributed by atoms with E-state index in [9.17, 15) is 14.4 Å². The summed E-state index contributed by atoms with van der Waals surface area (Å²) in [4.78, 5) is 42.0. The summed E-state index contributed by atoms with van der Waals surface area (Å²) in [5.74, 6) is -1.30. The molecule has 3 heterocycles. The van der Waals surface area contributed by atoms with E-state index in [0.717, 1.165) is 11.3 Å². The van der Waals surface area contributed by atoms with Gasteiger partial charge in [0.15, 0.2) is 0 Å². The Bertz CT molecular complexity index is 1100. The summed E-state index contributed by atoms with van der Waals surface area (Å²) < 4.78 is 0. The molecule has 6 nitrogen and oxygen atoms in total. The number of fused-ring (bicyclic) bond motifs is 4. The molecule has 32 heavy (non-hydrogen) atoms. The van der Waals surface area contributed by atoms with E-state index in [2.05, 4.69) is 10.6 Å². The maximum absolute atomic E-state index is 13.7. The Morgan fingerprint density at radius 2 is 1.84 bits per heavy atom. The van der Waals surface area contributed by atoms with E-state index < -0.39 is 17.4 Å². The van der Waals surface area contributed by atoms with Crippen LogP contribution in [0.15, 0.2) is 48.5 Å². The number of imide groups is 1. The molecule has 3 aliphatic rings. The van der Waals surface area contributed by atoms with Gasteiger partial charge in [0.2, 0.25) is 17.7 Å². The minimum atomic E-state index is -1.28. The third kappa shape index (κ3) is 3.10. The van der Waals surface area contributed by atoms with E-state index in [1.165, 1.54) is 4.90 Å². The minimum Gasteiger partial charge on any atom is -0.323 e. The number of hydrogen-bond acceptors (Lipinski definition) is 5. The number of anilines is 1. The van der Waals surface area contributed by atoms with E-state index in [1.54, 1.807) is 23.9 Å². The van der Waals surface area contributed by atoms with Crippen LogP contribution in [-0.4, -0.2) is 47.2 Å². The number of carbonyl (C=O) groups excluding carboxylic acids is 3. The summed E-state index contributed by atoms with van der Waals surface area (Å²) in [6.45, 7) is 0.310. The topological polar surface area (TPSA) is 78.5 Å². The zero-order valence-electron chi connectivity index (χ0n) is 17.6. The number of nitrogens with one attached hydrogen (secondary N) is 2. The summed E-state index contributed by atoms with van der Waals surface area (Å²) in [6, 6.07) is 14.8. The van der Waals surface area contributed by atoms with Gasteiger partial charge in [-0.05, 0) is 36.5 Å². The lowest BCUT2D eigenvalue weighted by atomic mass is 9.76. The van der Waals surface area contributed by atoms with Crippen molar-refractivity contribution in [3.8, 4) is 0 Å². The van der Waals surface area contributed by atoms with E-state index >= 15 is 0 Å². The van der Waals surface area contributed by atoms with Crippen LogP contribution in [0.25, 0.3) is 0 Å². The van der Waals surface area contributed by atoms with Gasteiger partial charge in [0.1, 0.15) is 5.54 Å². The molecule has 2 fully saturated rings. The van der Waals surface area contributed by atoms with Crippen molar-refractivity contribution in [2.24, 2.45) is 11.8 Å². The van der Waals surface area contributed by atoms with Gasteiger partial charge in [0.25, 0.3) is 0 Å². The van der Waals surface area contributed by atoms with Crippen LogP contribution in [0.2, 0.25) is 5.02 Å². The number of likely N-dealkylation sites (tertiary alicyclic amines) is 1. The van der Waals surface area contributed by atoms with Crippen molar-refractivity contribution >= 4 is 46.8 Å². The Hall–Kier alpha value is -2.35. The summed E-state index contributed by atoms with van der Waals surface area (Å²) in [6.07, 6.45) is 3.29. The van der Waals surface area contributed by atoms with Crippen molar-refractivity contribution in [1.29, 1.82) is 0 Å². The molecule has 5 rings (SSSR count). The van der Waals surface area contributed by atoms with Gasteiger partial charge in [-0.3, -0.25) is 24.6 Å². The van der Waals surface area contributed by atoms with Gasteiger partial charge in [0.05, 0.1) is 22.5 Å². The molecule has 0 bridgehead atoms. The lowest BCUT2D eigenvalue weighted by molar-refractivity contribution is -0.142. The van der Waals surface area contributed by atoms with Gasteiger partial charge in [-0.2, -0.15) is 11.8 Å². The molecule has 1 spiro atoms. The molecule has 0 radical (unpaired) electrons. The number of nitrogens with zero attached hydrogens (tertiary/aromatic N) is 1. The van der Waals surface area contributed by atoms with Crippen LogP contribution in [-0.2, 0) is 26.3 Å². The molecule has 2 aromatic rings. The summed E-state index contributed by atoms with van der Waals surface area (Å²) in [5, 5.41) is 6.74.